The van der Waals surface area contributed by atoms with Gasteiger partial charge in [-0.3, -0.25) is 0 Å². The molecule has 14 heavy (non-hydrogen) atoms. The molecule has 3 heteroatoms. The number of halogens is 1. The highest BCUT2D eigenvalue weighted by molar-refractivity contribution is 6.16. The summed E-state index contributed by atoms with van der Waals surface area (Å²) in [5, 5.41) is 0. The molecule has 2 nitrogen and oxygen atoms in total. The first-order valence-corrected chi connectivity index (χ1v) is 5.93. The lowest BCUT2D eigenvalue weighted by Gasteiger charge is -2.04. The predicted molar refractivity (Wildman–Crippen MR) is 54.2 cm³/mol. The van der Waals surface area contributed by atoms with E-state index in [0.29, 0.717) is 11.8 Å². The van der Waals surface area contributed by atoms with Crippen molar-refractivity contribution in [2.24, 2.45) is 11.8 Å². The maximum Gasteiger partial charge on any atom is 0.181 e. The summed E-state index contributed by atoms with van der Waals surface area (Å²) in [5.74, 6) is 3.96. The number of hydrogen-bond acceptors (Lipinski definition) is 2. The van der Waals surface area contributed by atoms with Gasteiger partial charge in [-0.15, -0.1) is 11.6 Å². The van der Waals surface area contributed by atoms with E-state index in [9.17, 15) is 0 Å². The molecular formula is C11H14ClNO. The van der Waals surface area contributed by atoms with E-state index in [1.165, 1.54) is 32.1 Å². The second-order valence-electron chi connectivity index (χ2n) is 4.43. The summed E-state index contributed by atoms with van der Waals surface area (Å²) in [6.45, 7) is 0. The highest BCUT2D eigenvalue weighted by atomic mass is 35.5. The van der Waals surface area contributed by atoms with Crippen molar-refractivity contribution in [3.8, 4) is 0 Å². The highest BCUT2D eigenvalue weighted by Gasteiger charge is 2.53. The van der Waals surface area contributed by atoms with Gasteiger partial charge in [0.15, 0.2) is 6.39 Å². The maximum atomic E-state index is 5.82. The van der Waals surface area contributed by atoms with Gasteiger partial charge in [-0.05, 0) is 24.7 Å². The SMILES string of the molecule is ClCc1ncoc1C1C2CCCCC21. The molecule has 76 valence electrons. The number of alkyl halides is 1. The van der Waals surface area contributed by atoms with Gasteiger partial charge in [0.1, 0.15) is 5.76 Å². The van der Waals surface area contributed by atoms with E-state index in [1.807, 2.05) is 0 Å². The van der Waals surface area contributed by atoms with Crippen LogP contribution in [0.5, 0.6) is 0 Å². The monoisotopic (exact) mass is 211 g/mol. The fourth-order valence-corrected chi connectivity index (χ4v) is 3.23. The number of rotatable bonds is 2. The summed E-state index contributed by atoms with van der Waals surface area (Å²) in [5.41, 5.74) is 0.964. The summed E-state index contributed by atoms with van der Waals surface area (Å²) in [4.78, 5) is 4.16. The Morgan fingerprint density at radius 2 is 2.07 bits per heavy atom. The molecule has 2 fully saturated rings. The summed E-state index contributed by atoms with van der Waals surface area (Å²) in [6.07, 6.45) is 7.07. The molecule has 0 N–H and O–H groups in total. The minimum absolute atomic E-state index is 0.488. The molecule has 2 unspecified atom stereocenters. The van der Waals surface area contributed by atoms with Gasteiger partial charge in [0, 0.05) is 5.92 Å². The molecule has 0 saturated heterocycles. The van der Waals surface area contributed by atoms with E-state index in [-0.39, 0.29) is 0 Å². The zero-order chi connectivity index (χ0) is 9.54. The standard InChI is InChI=1S/C11H14ClNO/c12-5-9-11(14-6-13-9)10-7-3-1-2-4-8(7)10/h6-8,10H,1-5H2. The fourth-order valence-electron chi connectivity index (χ4n) is 3.03. The average molecular weight is 212 g/mol. The van der Waals surface area contributed by atoms with E-state index in [0.717, 1.165) is 23.3 Å². The maximum absolute atomic E-state index is 5.82. The van der Waals surface area contributed by atoms with Crippen LogP contribution in [0, 0.1) is 11.8 Å². The van der Waals surface area contributed by atoms with Gasteiger partial charge in [-0.2, -0.15) is 0 Å². The third-order valence-electron chi connectivity index (χ3n) is 3.76. The van der Waals surface area contributed by atoms with Crippen molar-refractivity contribution < 1.29 is 4.42 Å². The Balaban J connectivity index is 1.83. The lowest BCUT2D eigenvalue weighted by Crippen LogP contribution is -1.91. The minimum atomic E-state index is 0.488. The van der Waals surface area contributed by atoms with Crippen LogP contribution in [0.4, 0.5) is 0 Å². The Morgan fingerprint density at radius 3 is 2.71 bits per heavy atom. The van der Waals surface area contributed by atoms with Gasteiger partial charge >= 0.3 is 0 Å². The number of fused-ring (bicyclic) bond motifs is 1. The molecule has 0 amide bonds. The van der Waals surface area contributed by atoms with Crippen molar-refractivity contribution in [2.75, 3.05) is 0 Å². The number of aromatic nitrogens is 1. The van der Waals surface area contributed by atoms with E-state index in [1.54, 1.807) is 0 Å². The van der Waals surface area contributed by atoms with Crippen molar-refractivity contribution in [1.82, 2.24) is 4.98 Å². The summed E-state index contributed by atoms with van der Waals surface area (Å²) in [6, 6.07) is 0. The van der Waals surface area contributed by atoms with Gasteiger partial charge in [-0.25, -0.2) is 4.98 Å². The zero-order valence-corrected chi connectivity index (χ0v) is 8.83. The number of oxazole rings is 1. The smallest absolute Gasteiger partial charge is 0.181 e. The van der Waals surface area contributed by atoms with Crippen LogP contribution in [0.2, 0.25) is 0 Å². The van der Waals surface area contributed by atoms with Crippen LogP contribution >= 0.6 is 11.6 Å². The van der Waals surface area contributed by atoms with Crippen molar-refractivity contribution >= 4 is 11.6 Å². The molecule has 0 spiro atoms. The predicted octanol–water partition coefficient (Wildman–Crippen LogP) is 3.32. The number of nitrogens with zero attached hydrogens (tertiary/aromatic N) is 1. The van der Waals surface area contributed by atoms with Gasteiger partial charge < -0.3 is 4.42 Å². The Hall–Kier alpha value is -0.500. The van der Waals surface area contributed by atoms with Crippen LogP contribution in [-0.2, 0) is 5.88 Å². The average Bonchev–Trinajstić information content (AvgIpc) is 2.77. The van der Waals surface area contributed by atoms with Crippen LogP contribution in [0.15, 0.2) is 10.8 Å². The molecule has 0 aromatic carbocycles. The van der Waals surface area contributed by atoms with Gasteiger partial charge in [0.25, 0.3) is 0 Å². The first-order valence-electron chi connectivity index (χ1n) is 5.40. The molecule has 0 aliphatic heterocycles. The molecule has 3 rings (SSSR count). The first-order chi connectivity index (χ1) is 6.92. The molecule has 2 aliphatic rings. The van der Waals surface area contributed by atoms with Crippen LogP contribution in [-0.4, -0.2) is 4.98 Å². The molecule has 1 heterocycles. The van der Waals surface area contributed by atoms with E-state index >= 15 is 0 Å². The third kappa shape index (κ3) is 1.20. The van der Waals surface area contributed by atoms with Gasteiger partial charge in [0.2, 0.25) is 0 Å². The molecular weight excluding hydrogens is 198 g/mol. The molecule has 2 aliphatic carbocycles. The molecule has 0 radical (unpaired) electrons. The van der Waals surface area contributed by atoms with Crippen molar-refractivity contribution in [3.05, 3.63) is 17.8 Å². The van der Waals surface area contributed by atoms with Crippen molar-refractivity contribution in [3.63, 3.8) is 0 Å². The van der Waals surface area contributed by atoms with Crippen molar-refractivity contribution in [2.45, 2.75) is 37.5 Å². The number of hydrogen-bond donors (Lipinski definition) is 0. The van der Waals surface area contributed by atoms with Crippen LogP contribution < -0.4 is 0 Å². The Kier molecular flexibility index (Phi) is 2.05. The first kappa shape index (κ1) is 8.78. The second kappa shape index (κ2) is 3.27. The minimum Gasteiger partial charge on any atom is -0.448 e. The lowest BCUT2D eigenvalue weighted by atomic mass is 10.0. The second-order valence-corrected chi connectivity index (χ2v) is 4.70. The highest BCUT2D eigenvalue weighted by Crippen LogP contribution is 2.61. The molecule has 1 aromatic rings. The van der Waals surface area contributed by atoms with Gasteiger partial charge in [0.05, 0.1) is 11.6 Å². The Bertz CT molecular complexity index is 324. The largest absolute Gasteiger partial charge is 0.448 e. The van der Waals surface area contributed by atoms with Crippen LogP contribution in [0.3, 0.4) is 0 Å². The Morgan fingerprint density at radius 1 is 1.36 bits per heavy atom. The normalized spacial score (nSPS) is 35.4. The molecule has 2 atom stereocenters. The zero-order valence-electron chi connectivity index (χ0n) is 8.08. The summed E-state index contributed by atoms with van der Waals surface area (Å²) in [7, 11) is 0. The quantitative estimate of drug-likeness (QED) is 0.702. The fraction of sp³-hybridized carbons (Fsp3) is 0.727. The van der Waals surface area contributed by atoms with E-state index in [2.05, 4.69) is 4.98 Å². The topological polar surface area (TPSA) is 26.0 Å². The van der Waals surface area contributed by atoms with E-state index < -0.39 is 0 Å². The third-order valence-corrected chi connectivity index (χ3v) is 4.01. The summed E-state index contributed by atoms with van der Waals surface area (Å²) < 4.78 is 5.48. The molecule has 1 aromatic heterocycles. The van der Waals surface area contributed by atoms with Crippen LogP contribution in [0.1, 0.15) is 43.1 Å². The Labute approximate surface area is 88.7 Å². The van der Waals surface area contributed by atoms with Crippen molar-refractivity contribution in [1.29, 1.82) is 0 Å². The summed E-state index contributed by atoms with van der Waals surface area (Å²) >= 11 is 5.82. The molecule has 2 saturated carbocycles. The lowest BCUT2D eigenvalue weighted by molar-refractivity contribution is 0.480. The van der Waals surface area contributed by atoms with Gasteiger partial charge in [-0.1, -0.05) is 12.8 Å². The molecule has 0 bridgehead atoms. The van der Waals surface area contributed by atoms with Crippen LogP contribution in [0.25, 0.3) is 0 Å². The van der Waals surface area contributed by atoms with E-state index in [4.69, 9.17) is 16.0 Å².